The Morgan fingerprint density at radius 2 is 1.74 bits per heavy atom. The van der Waals surface area contributed by atoms with Gasteiger partial charge in [-0.3, -0.25) is 9.59 Å². The molecule has 0 aliphatic heterocycles. The molecule has 1 heterocycles. The zero-order valence-electron chi connectivity index (χ0n) is 17.6. The zero-order chi connectivity index (χ0) is 22.5. The number of rotatable bonds is 8. The summed E-state index contributed by atoms with van der Waals surface area (Å²) < 4.78 is 17.1. The lowest BCUT2D eigenvalue weighted by Crippen LogP contribution is -2.14. The fraction of sp³-hybridized carbons (Fsp3) is 0.292. The Morgan fingerprint density at radius 1 is 1.03 bits per heavy atom. The molecular formula is C24H23BrO6. The van der Waals surface area contributed by atoms with Crippen molar-refractivity contribution >= 4 is 38.7 Å². The molecule has 2 aromatic carbocycles. The first kappa shape index (κ1) is 22.7. The Labute approximate surface area is 188 Å². The predicted octanol–water partition coefficient (Wildman–Crippen LogP) is 4.93. The number of hydrogen-bond acceptors (Lipinski definition) is 6. The van der Waals surface area contributed by atoms with Crippen molar-refractivity contribution in [2.75, 3.05) is 13.2 Å². The average molecular weight is 487 g/mol. The quantitative estimate of drug-likeness (QED) is 0.255. The minimum atomic E-state index is -0.486. The molecule has 0 fully saturated rings. The molecule has 1 aromatic heterocycles. The van der Waals surface area contributed by atoms with Gasteiger partial charge in [-0.2, -0.15) is 0 Å². The van der Waals surface area contributed by atoms with E-state index in [0.717, 1.165) is 15.4 Å². The van der Waals surface area contributed by atoms with E-state index in [4.69, 9.17) is 13.9 Å². The lowest BCUT2D eigenvalue weighted by molar-refractivity contribution is -0.143. The summed E-state index contributed by atoms with van der Waals surface area (Å²) in [5.41, 5.74) is 2.33. The van der Waals surface area contributed by atoms with Crippen LogP contribution in [0.5, 0.6) is 5.75 Å². The fourth-order valence-electron chi connectivity index (χ4n) is 3.34. The van der Waals surface area contributed by atoms with E-state index >= 15 is 0 Å². The van der Waals surface area contributed by atoms with Gasteiger partial charge in [0.15, 0.2) is 12.4 Å². The van der Waals surface area contributed by atoms with Crippen molar-refractivity contribution in [1.29, 1.82) is 0 Å². The molecule has 6 nitrogen and oxygen atoms in total. The monoisotopic (exact) mass is 486 g/mol. The zero-order valence-corrected chi connectivity index (χ0v) is 19.2. The number of carbonyl (C=O) groups excluding carboxylic acids is 2. The standard InChI is InChI=1S/C24H23BrO6/c1-4-29-22(27)12-10-19-14(2)18-9-11-21(15(3)23(18)31-24(19)28)30-13-20(26)16-5-7-17(25)8-6-16/h5-9,11H,4,10,12-13H2,1-3H3. The molecule has 0 saturated carbocycles. The van der Waals surface area contributed by atoms with Gasteiger partial charge in [0.25, 0.3) is 0 Å². The fourth-order valence-corrected chi connectivity index (χ4v) is 3.60. The molecule has 0 saturated heterocycles. The van der Waals surface area contributed by atoms with E-state index in [0.29, 0.717) is 34.6 Å². The minimum Gasteiger partial charge on any atom is -0.485 e. The van der Waals surface area contributed by atoms with Crippen molar-refractivity contribution in [2.24, 2.45) is 0 Å². The summed E-state index contributed by atoms with van der Waals surface area (Å²) in [6, 6.07) is 10.6. The Bertz CT molecular complexity index is 1180. The molecular weight excluding hydrogens is 464 g/mol. The largest absolute Gasteiger partial charge is 0.485 e. The van der Waals surface area contributed by atoms with Crippen LogP contribution in [0.25, 0.3) is 11.0 Å². The van der Waals surface area contributed by atoms with Crippen LogP contribution >= 0.6 is 15.9 Å². The highest BCUT2D eigenvalue weighted by Crippen LogP contribution is 2.30. The first-order valence-corrected chi connectivity index (χ1v) is 10.7. The van der Waals surface area contributed by atoms with Crippen LogP contribution in [0.1, 0.15) is 40.4 Å². The molecule has 0 aliphatic carbocycles. The molecule has 0 bridgehead atoms. The molecule has 0 unspecified atom stereocenters. The van der Waals surface area contributed by atoms with Crippen LogP contribution in [0.3, 0.4) is 0 Å². The molecule has 0 aliphatic rings. The number of benzene rings is 2. The Morgan fingerprint density at radius 3 is 2.42 bits per heavy atom. The SMILES string of the molecule is CCOC(=O)CCc1c(C)c2ccc(OCC(=O)c3ccc(Br)cc3)c(C)c2oc1=O. The first-order valence-electron chi connectivity index (χ1n) is 9.95. The molecule has 7 heteroatoms. The first-order chi connectivity index (χ1) is 14.8. The van der Waals surface area contributed by atoms with E-state index in [1.807, 2.05) is 6.92 Å². The minimum absolute atomic E-state index is 0.114. The van der Waals surface area contributed by atoms with Gasteiger partial charge < -0.3 is 13.9 Å². The number of hydrogen-bond donors (Lipinski definition) is 0. The summed E-state index contributed by atoms with van der Waals surface area (Å²) in [5.74, 6) is -0.0319. The second kappa shape index (κ2) is 9.92. The van der Waals surface area contributed by atoms with E-state index in [-0.39, 0.29) is 31.2 Å². The summed E-state index contributed by atoms with van der Waals surface area (Å²) in [4.78, 5) is 36.6. The molecule has 31 heavy (non-hydrogen) atoms. The number of esters is 1. The summed E-state index contributed by atoms with van der Waals surface area (Å²) in [7, 11) is 0. The van der Waals surface area contributed by atoms with Crippen molar-refractivity contribution < 1.29 is 23.5 Å². The smallest absolute Gasteiger partial charge is 0.339 e. The number of aryl methyl sites for hydroxylation is 2. The topological polar surface area (TPSA) is 82.8 Å². The van der Waals surface area contributed by atoms with Crippen molar-refractivity contribution in [2.45, 2.75) is 33.6 Å². The molecule has 3 rings (SSSR count). The molecule has 0 atom stereocenters. The van der Waals surface area contributed by atoms with Crippen LogP contribution in [0.4, 0.5) is 0 Å². The molecule has 0 amide bonds. The lowest BCUT2D eigenvalue weighted by Gasteiger charge is -2.13. The predicted molar refractivity (Wildman–Crippen MR) is 121 cm³/mol. The summed E-state index contributed by atoms with van der Waals surface area (Å²) >= 11 is 3.34. The maximum atomic E-state index is 12.5. The van der Waals surface area contributed by atoms with Crippen LogP contribution in [-0.4, -0.2) is 25.0 Å². The van der Waals surface area contributed by atoms with Crippen molar-refractivity contribution in [1.82, 2.24) is 0 Å². The van der Waals surface area contributed by atoms with E-state index in [9.17, 15) is 14.4 Å². The number of ether oxygens (including phenoxy) is 2. The highest BCUT2D eigenvalue weighted by Gasteiger charge is 2.17. The Balaban J connectivity index is 1.82. The maximum absolute atomic E-state index is 12.5. The maximum Gasteiger partial charge on any atom is 0.339 e. The van der Waals surface area contributed by atoms with E-state index < -0.39 is 5.63 Å². The van der Waals surface area contributed by atoms with E-state index in [2.05, 4.69) is 15.9 Å². The number of fused-ring (bicyclic) bond motifs is 1. The summed E-state index contributed by atoms with van der Waals surface area (Å²) in [5, 5.41) is 0.766. The second-order valence-electron chi connectivity index (χ2n) is 7.08. The van der Waals surface area contributed by atoms with Gasteiger partial charge in [0.2, 0.25) is 0 Å². The van der Waals surface area contributed by atoms with E-state index in [1.54, 1.807) is 50.2 Å². The van der Waals surface area contributed by atoms with Crippen LogP contribution in [0, 0.1) is 13.8 Å². The van der Waals surface area contributed by atoms with Gasteiger partial charge in [-0.1, -0.05) is 28.1 Å². The van der Waals surface area contributed by atoms with Crippen molar-refractivity contribution in [3.8, 4) is 5.75 Å². The number of carbonyl (C=O) groups is 2. The van der Waals surface area contributed by atoms with Gasteiger partial charge in [-0.25, -0.2) is 4.79 Å². The van der Waals surface area contributed by atoms with Gasteiger partial charge in [0.05, 0.1) is 6.61 Å². The average Bonchev–Trinajstić information content (AvgIpc) is 2.74. The third-order valence-electron chi connectivity index (χ3n) is 5.06. The molecule has 0 spiro atoms. The number of ketones is 1. The van der Waals surface area contributed by atoms with Crippen LogP contribution in [-0.2, 0) is 16.0 Å². The third kappa shape index (κ3) is 5.22. The molecule has 3 aromatic rings. The van der Waals surface area contributed by atoms with Gasteiger partial charge >= 0.3 is 11.6 Å². The number of Topliss-reactive ketones (excluding diaryl/α,β-unsaturated/α-hetero) is 1. The normalized spacial score (nSPS) is 10.8. The van der Waals surface area contributed by atoms with E-state index in [1.165, 1.54) is 0 Å². The van der Waals surface area contributed by atoms with Crippen molar-refractivity contribution in [3.63, 3.8) is 0 Å². The Kier molecular flexibility index (Phi) is 7.28. The highest BCUT2D eigenvalue weighted by atomic mass is 79.9. The van der Waals surface area contributed by atoms with Gasteiger partial charge in [-0.05, 0) is 57.0 Å². The second-order valence-corrected chi connectivity index (χ2v) is 8.00. The highest BCUT2D eigenvalue weighted by molar-refractivity contribution is 9.10. The molecule has 0 radical (unpaired) electrons. The summed E-state index contributed by atoms with van der Waals surface area (Å²) in [6.07, 6.45) is 0.366. The van der Waals surface area contributed by atoms with Crippen molar-refractivity contribution in [3.05, 3.63) is 73.5 Å². The van der Waals surface area contributed by atoms with Gasteiger partial charge in [-0.15, -0.1) is 0 Å². The van der Waals surface area contributed by atoms with Gasteiger partial charge in [0, 0.05) is 33.0 Å². The molecule has 0 N–H and O–H groups in total. The third-order valence-corrected chi connectivity index (χ3v) is 5.59. The lowest BCUT2D eigenvalue weighted by atomic mass is 10.0. The van der Waals surface area contributed by atoms with Gasteiger partial charge in [0.1, 0.15) is 11.3 Å². The Hall–Kier alpha value is -2.93. The van der Waals surface area contributed by atoms with Crippen LogP contribution < -0.4 is 10.4 Å². The summed E-state index contributed by atoms with van der Waals surface area (Å²) in [6.45, 7) is 5.52. The number of halogens is 1. The molecule has 162 valence electrons. The van der Waals surface area contributed by atoms with Crippen LogP contribution in [0.2, 0.25) is 0 Å². The van der Waals surface area contributed by atoms with Crippen LogP contribution in [0.15, 0.2) is 50.1 Å².